The summed E-state index contributed by atoms with van der Waals surface area (Å²) in [6.07, 6.45) is 15.8. The number of nitrogens with one attached hydrogen (secondary N) is 1. The first-order chi connectivity index (χ1) is 8.88. The Morgan fingerprint density at radius 3 is 2.33 bits per heavy atom. The van der Waals surface area contributed by atoms with E-state index in [1.165, 1.54) is 57.9 Å². The van der Waals surface area contributed by atoms with Gasteiger partial charge in [-0.3, -0.25) is 4.90 Å². The highest BCUT2D eigenvalue weighted by atomic mass is 15.2. The molecule has 1 N–H and O–H groups in total. The molecular formula is C16H28N2. The molecule has 2 nitrogen and oxygen atoms in total. The molecule has 0 saturated carbocycles. The number of nitrogens with zero attached hydrogens (tertiary/aromatic N) is 1. The van der Waals surface area contributed by atoms with Crippen LogP contribution in [0.25, 0.3) is 0 Å². The van der Waals surface area contributed by atoms with Gasteiger partial charge in [0.05, 0.1) is 0 Å². The molecule has 2 unspecified atom stereocenters. The Morgan fingerprint density at radius 2 is 1.72 bits per heavy atom. The standard InChI is InChI=1S/C16H28N2/c1-2-10-17-13-11-15-8-5-9-16(12-13)18(15)14-6-3-4-7-14/h3-4,13-17H,2,5-12H2,1H3. The summed E-state index contributed by atoms with van der Waals surface area (Å²) in [4.78, 5) is 2.91. The van der Waals surface area contributed by atoms with Crippen LogP contribution in [-0.4, -0.2) is 35.6 Å². The van der Waals surface area contributed by atoms with E-state index in [1.54, 1.807) is 0 Å². The lowest BCUT2D eigenvalue weighted by Crippen LogP contribution is -2.59. The van der Waals surface area contributed by atoms with Gasteiger partial charge in [0.15, 0.2) is 0 Å². The smallest absolute Gasteiger partial charge is 0.0170 e. The fourth-order valence-electron chi connectivity index (χ4n) is 4.38. The Morgan fingerprint density at radius 1 is 1.06 bits per heavy atom. The van der Waals surface area contributed by atoms with Crippen molar-refractivity contribution in [2.45, 2.75) is 82.5 Å². The van der Waals surface area contributed by atoms with Crippen molar-refractivity contribution in [2.75, 3.05) is 6.54 Å². The lowest BCUT2D eigenvalue weighted by Gasteiger charge is -2.52. The van der Waals surface area contributed by atoms with Crippen LogP contribution < -0.4 is 5.32 Å². The van der Waals surface area contributed by atoms with Crippen LogP contribution >= 0.6 is 0 Å². The van der Waals surface area contributed by atoms with Gasteiger partial charge in [-0.05, 0) is 51.5 Å². The first-order valence-corrected chi connectivity index (χ1v) is 8.04. The van der Waals surface area contributed by atoms with E-state index in [9.17, 15) is 0 Å². The number of hydrogen-bond donors (Lipinski definition) is 1. The third kappa shape index (κ3) is 2.50. The van der Waals surface area contributed by atoms with E-state index < -0.39 is 0 Å². The zero-order chi connectivity index (χ0) is 12.4. The summed E-state index contributed by atoms with van der Waals surface area (Å²) in [5.41, 5.74) is 0. The fraction of sp³-hybridized carbons (Fsp3) is 0.875. The summed E-state index contributed by atoms with van der Waals surface area (Å²) < 4.78 is 0. The van der Waals surface area contributed by atoms with Gasteiger partial charge in [0.25, 0.3) is 0 Å². The third-order valence-electron chi connectivity index (χ3n) is 5.12. The predicted octanol–water partition coefficient (Wildman–Crippen LogP) is 3.09. The molecule has 0 aromatic heterocycles. The quantitative estimate of drug-likeness (QED) is 0.769. The van der Waals surface area contributed by atoms with E-state index in [-0.39, 0.29) is 0 Å². The maximum atomic E-state index is 3.77. The first-order valence-electron chi connectivity index (χ1n) is 8.04. The normalized spacial score (nSPS) is 37.3. The zero-order valence-corrected chi connectivity index (χ0v) is 11.8. The molecule has 2 aliphatic heterocycles. The van der Waals surface area contributed by atoms with E-state index >= 15 is 0 Å². The molecule has 2 heteroatoms. The summed E-state index contributed by atoms with van der Waals surface area (Å²) in [6.45, 7) is 3.47. The molecule has 0 amide bonds. The van der Waals surface area contributed by atoms with Crippen molar-refractivity contribution in [3.8, 4) is 0 Å². The summed E-state index contributed by atoms with van der Waals surface area (Å²) >= 11 is 0. The van der Waals surface area contributed by atoms with Crippen LogP contribution in [0.3, 0.4) is 0 Å². The van der Waals surface area contributed by atoms with E-state index in [1.807, 2.05) is 0 Å². The monoisotopic (exact) mass is 248 g/mol. The fourth-order valence-corrected chi connectivity index (χ4v) is 4.38. The molecule has 1 aliphatic carbocycles. The maximum absolute atomic E-state index is 3.77. The van der Waals surface area contributed by atoms with Gasteiger partial charge in [-0.1, -0.05) is 25.5 Å². The number of rotatable bonds is 4. The minimum absolute atomic E-state index is 0.797. The second-order valence-electron chi connectivity index (χ2n) is 6.40. The van der Waals surface area contributed by atoms with Crippen LogP contribution in [0.15, 0.2) is 12.2 Å². The van der Waals surface area contributed by atoms with Gasteiger partial charge in [-0.15, -0.1) is 0 Å². The summed E-state index contributed by atoms with van der Waals surface area (Å²) in [7, 11) is 0. The maximum Gasteiger partial charge on any atom is 0.0170 e. The van der Waals surface area contributed by atoms with E-state index in [0.29, 0.717) is 0 Å². The highest BCUT2D eigenvalue weighted by molar-refractivity contribution is 5.05. The topological polar surface area (TPSA) is 15.3 Å². The van der Waals surface area contributed by atoms with Crippen molar-refractivity contribution in [3.05, 3.63) is 12.2 Å². The van der Waals surface area contributed by atoms with Crippen LogP contribution in [-0.2, 0) is 0 Å². The van der Waals surface area contributed by atoms with Crippen molar-refractivity contribution >= 4 is 0 Å². The Bertz CT molecular complexity index is 277. The molecule has 3 aliphatic rings. The van der Waals surface area contributed by atoms with Crippen molar-refractivity contribution in [1.82, 2.24) is 10.2 Å². The Labute approximate surface area is 112 Å². The van der Waals surface area contributed by atoms with Gasteiger partial charge < -0.3 is 5.32 Å². The molecule has 0 spiro atoms. The molecule has 18 heavy (non-hydrogen) atoms. The van der Waals surface area contributed by atoms with Crippen LogP contribution in [0.4, 0.5) is 0 Å². The average molecular weight is 248 g/mol. The summed E-state index contributed by atoms with van der Waals surface area (Å²) in [5, 5.41) is 3.77. The molecule has 0 aromatic carbocycles. The van der Waals surface area contributed by atoms with E-state index in [0.717, 1.165) is 24.2 Å². The molecule has 0 aromatic rings. The SMILES string of the molecule is CCCNC1CC2CCCC(C1)N2C1CC=CC1. The van der Waals surface area contributed by atoms with Crippen LogP contribution in [0.2, 0.25) is 0 Å². The van der Waals surface area contributed by atoms with Gasteiger partial charge in [-0.25, -0.2) is 0 Å². The molecule has 3 rings (SSSR count). The largest absolute Gasteiger partial charge is 0.314 e. The molecule has 0 radical (unpaired) electrons. The first kappa shape index (κ1) is 12.7. The number of fused-ring (bicyclic) bond motifs is 2. The molecule has 102 valence electrons. The zero-order valence-electron chi connectivity index (χ0n) is 11.8. The number of hydrogen-bond acceptors (Lipinski definition) is 2. The highest BCUT2D eigenvalue weighted by Gasteiger charge is 2.41. The molecule has 2 fully saturated rings. The van der Waals surface area contributed by atoms with Gasteiger partial charge in [0.2, 0.25) is 0 Å². The Hall–Kier alpha value is -0.340. The second kappa shape index (κ2) is 5.75. The summed E-state index contributed by atoms with van der Waals surface area (Å²) in [6, 6.07) is 3.38. The molecule has 2 atom stereocenters. The predicted molar refractivity (Wildman–Crippen MR) is 76.7 cm³/mol. The van der Waals surface area contributed by atoms with Crippen molar-refractivity contribution in [2.24, 2.45) is 0 Å². The third-order valence-corrected chi connectivity index (χ3v) is 5.12. The minimum Gasteiger partial charge on any atom is -0.314 e. The van der Waals surface area contributed by atoms with E-state index in [2.05, 4.69) is 29.3 Å². The van der Waals surface area contributed by atoms with E-state index in [4.69, 9.17) is 0 Å². The van der Waals surface area contributed by atoms with Gasteiger partial charge in [0, 0.05) is 24.2 Å². The van der Waals surface area contributed by atoms with Crippen LogP contribution in [0, 0.1) is 0 Å². The molecular weight excluding hydrogens is 220 g/mol. The van der Waals surface area contributed by atoms with Crippen molar-refractivity contribution < 1.29 is 0 Å². The highest BCUT2D eigenvalue weighted by Crippen LogP contribution is 2.38. The lowest BCUT2D eigenvalue weighted by atomic mass is 9.80. The van der Waals surface area contributed by atoms with Crippen molar-refractivity contribution in [1.29, 1.82) is 0 Å². The van der Waals surface area contributed by atoms with Gasteiger partial charge >= 0.3 is 0 Å². The second-order valence-corrected chi connectivity index (χ2v) is 6.40. The molecule has 2 bridgehead atoms. The van der Waals surface area contributed by atoms with Gasteiger partial charge in [0.1, 0.15) is 0 Å². The molecule has 2 heterocycles. The lowest BCUT2D eigenvalue weighted by molar-refractivity contribution is -0.00698. The van der Waals surface area contributed by atoms with Crippen molar-refractivity contribution in [3.63, 3.8) is 0 Å². The van der Waals surface area contributed by atoms with Gasteiger partial charge in [-0.2, -0.15) is 0 Å². The Balaban J connectivity index is 1.63. The Kier molecular flexibility index (Phi) is 4.05. The minimum atomic E-state index is 0.797. The molecule has 2 saturated heterocycles. The number of piperidine rings is 2. The van der Waals surface area contributed by atoms with Crippen LogP contribution in [0.5, 0.6) is 0 Å². The average Bonchev–Trinajstić information content (AvgIpc) is 2.88. The van der Waals surface area contributed by atoms with Crippen LogP contribution in [0.1, 0.15) is 58.3 Å². The summed E-state index contributed by atoms with van der Waals surface area (Å²) in [5.74, 6) is 0.